The highest BCUT2D eigenvalue weighted by atomic mass is 32.1. The summed E-state index contributed by atoms with van der Waals surface area (Å²) in [6, 6.07) is 2.12. The zero-order valence-corrected chi connectivity index (χ0v) is 14.1. The van der Waals surface area contributed by atoms with Crippen LogP contribution in [0.4, 0.5) is 24.1 Å². The van der Waals surface area contributed by atoms with Gasteiger partial charge in [0.2, 0.25) is 0 Å². The fraction of sp³-hybridized carbons (Fsp3) is 0.500. The predicted octanol–water partition coefficient (Wildman–Crippen LogP) is 3.91. The van der Waals surface area contributed by atoms with Crippen LogP contribution in [0.5, 0.6) is 0 Å². The summed E-state index contributed by atoms with van der Waals surface area (Å²) < 4.78 is 38.4. The number of halogens is 3. The third-order valence-corrected chi connectivity index (χ3v) is 5.13. The van der Waals surface area contributed by atoms with Crippen molar-refractivity contribution in [2.24, 2.45) is 5.92 Å². The minimum absolute atomic E-state index is 0.368. The van der Waals surface area contributed by atoms with E-state index >= 15 is 0 Å². The molecule has 2 aromatic rings. The second-order valence-corrected chi connectivity index (χ2v) is 6.90. The maximum atomic E-state index is 12.8. The van der Waals surface area contributed by atoms with E-state index in [-0.39, 0.29) is 0 Å². The Hall–Kier alpha value is -1.83. The molecule has 0 unspecified atom stereocenters. The third-order valence-electron chi connectivity index (χ3n) is 4.30. The molecule has 3 rings (SSSR count). The van der Waals surface area contributed by atoms with Gasteiger partial charge in [0.05, 0.1) is 5.56 Å². The highest BCUT2D eigenvalue weighted by Gasteiger charge is 2.31. The van der Waals surface area contributed by atoms with Gasteiger partial charge in [0.25, 0.3) is 0 Å². The normalized spacial score (nSPS) is 16.4. The SMILES string of the molecule is CN(CC1CCN(c2nccs2)CC1)c1cc(C(F)(F)F)ccn1. The van der Waals surface area contributed by atoms with E-state index in [1.54, 1.807) is 24.6 Å². The Morgan fingerprint density at radius 1 is 1.25 bits per heavy atom. The molecule has 0 bridgehead atoms. The van der Waals surface area contributed by atoms with Gasteiger partial charge in [-0.25, -0.2) is 9.97 Å². The maximum Gasteiger partial charge on any atom is 0.416 e. The molecule has 0 N–H and O–H groups in total. The number of alkyl halides is 3. The molecule has 0 saturated carbocycles. The molecule has 0 atom stereocenters. The third kappa shape index (κ3) is 3.98. The van der Waals surface area contributed by atoms with Crippen LogP contribution in [0.25, 0.3) is 0 Å². The van der Waals surface area contributed by atoms with Crippen LogP contribution in [0.15, 0.2) is 29.9 Å². The molecule has 0 aromatic carbocycles. The molecule has 1 aliphatic rings. The topological polar surface area (TPSA) is 32.3 Å². The number of hydrogen-bond acceptors (Lipinski definition) is 5. The quantitative estimate of drug-likeness (QED) is 0.831. The van der Waals surface area contributed by atoms with Gasteiger partial charge in [-0.2, -0.15) is 13.2 Å². The number of hydrogen-bond donors (Lipinski definition) is 0. The second-order valence-electron chi connectivity index (χ2n) is 6.03. The van der Waals surface area contributed by atoms with Crippen molar-refractivity contribution in [3.05, 3.63) is 35.5 Å². The first-order valence-corrected chi connectivity index (χ1v) is 8.70. The number of rotatable bonds is 4. The van der Waals surface area contributed by atoms with Gasteiger partial charge in [-0.15, -0.1) is 11.3 Å². The molecule has 0 radical (unpaired) electrons. The van der Waals surface area contributed by atoms with E-state index in [1.165, 1.54) is 6.20 Å². The van der Waals surface area contributed by atoms with Crippen LogP contribution in [0.1, 0.15) is 18.4 Å². The Balaban J connectivity index is 1.57. The predicted molar refractivity (Wildman–Crippen MR) is 89.6 cm³/mol. The van der Waals surface area contributed by atoms with Gasteiger partial charge < -0.3 is 9.80 Å². The van der Waals surface area contributed by atoms with E-state index in [4.69, 9.17) is 0 Å². The van der Waals surface area contributed by atoms with Crippen LogP contribution in [0.2, 0.25) is 0 Å². The molecule has 130 valence electrons. The van der Waals surface area contributed by atoms with Gasteiger partial charge in [0, 0.05) is 44.5 Å². The minimum Gasteiger partial charge on any atom is -0.359 e. The zero-order chi connectivity index (χ0) is 17.2. The first-order valence-electron chi connectivity index (χ1n) is 7.82. The Kier molecular flexibility index (Phi) is 4.93. The number of thiazole rings is 1. The highest BCUT2D eigenvalue weighted by Crippen LogP contribution is 2.31. The summed E-state index contributed by atoms with van der Waals surface area (Å²) in [5.41, 5.74) is -0.655. The summed E-state index contributed by atoms with van der Waals surface area (Å²) in [4.78, 5) is 12.5. The van der Waals surface area contributed by atoms with Crippen molar-refractivity contribution in [3.8, 4) is 0 Å². The zero-order valence-electron chi connectivity index (χ0n) is 13.3. The van der Waals surface area contributed by atoms with E-state index in [0.717, 1.165) is 43.2 Å². The van der Waals surface area contributed by atoms with Crippen molar-refractivity contribution in [2.75, 3.05) is 36.5 Å². The van der Waals surface area contributed by atoms with Crippen molar-refractivity contribution in [1.29, 1.82) is 0 Å². The number of anilines is 2. The van der Waals surface area contributed by atoms with Crippen molar-refractivity contribution >= 4 is 22.3 Å². The Labute approximate surface area is 142 Å². The molecule has 2 aromatic heterocycles. The van der Waals surface area contributed by atoms with Gasteiger partial charge >= 0.3 is 6.18 Å². The molecule has 1 saturated heterocycles. The van der Waals surface area contributed by atoms with Gasteiger partial charge in [-0.1, -0.05) is 0 Å². The van der Waals surface area contributed by atoms with E-state index < -0.39 is 11.7 Å². The Morgan fingerprint density at radius 2 is 2.00 bits per heavy atom. The maximum absolute atomic E-state index is 12.8. The molecule has 0 spiro atoms. The average Bonchev–Trinajstić information content (AvgIpc) is 3.09. The van der Waals surface area contributed by atoms with Crippen molar-refractivity contribution in [3.63, 3.8) is 0 Å². The molecule has 4 nitrogen and oxygen atoms in total. The lowest BCUT2D eigenvalue weighted by molar-refractivity contribution is -0.137. The van der Waals surface area contributed by atoms with Crippen molar-refractivity contribution in [2.45, 2.75) is 19.0 Å². The lowest BCUT2D eigenvalue weighted by Crippen LogP contribution is -2.38. The molecule has 1 aliphatic heterocycles. The van der Waals surface area contributed by atoms with Crippen LogP contribution in [-0.2, 0) is 6.18 Å². The van der Waals surface area contributed by atoms with Crippen LogP contribution in [-0.4, -0.2) is 36.6 Å². The first-order chi connectivity index (χ1) is 11.4. The van der Waals surface area contributed by atoms with E-state index in [2.05, 4.69) is 14.9 Å². The van der Waals surface area contributed by atoms with Crippen LogP contribution >= 0.6 is 11.3 Å². The van der Waals surface area contributed by atoms with Crippen LogP contribution < -0.4 is 9.80 Å². The molecule has 8 heteroatoms. The molecule has 24 heavy (non-hydrogen) atoms. The minimum atomic E-state index is -4.34. The molecule has 0 amide bonds. The number of aromatic nitrogens is 2. The number of nitrogens with zero attached hydrogens (tertiary/aromatic N) is 4. The van der Waals surface area contributed by atoms with Gasteiger partial charge in [0.15, 0.2) is 5.13 Å². The molecular formula is C16H19F3N4S. The fourth-order valence-corrected chi connectivity index (χ4v) is 3.66. The van der Waals surface area contributed by atoms with Crippen LogP contribution in [0.3, 0.4) is 0 Å². The largest absolute Gasteiger partial charge is 0.416 e. The summed E-state index contributed by atoms with van der Waals surface area (Å²) in [5.74, 6) is 0.815. The Morgan fingerprint density at radius 3 is 2.62 bits per heavy atom. The summed E-state index contributed by atoms with van der Waals surface area (Å²) in [6.45, 7) is 2.57. The van der Waals surface area contributed by atoms with Crippen molar-refractivity contribution in [1.82, 2.24) is 9.97 Å². The first kappa shape index (κ1) is 17.0. The monoisotopic (exact) mass is 356 g/mol. The van der Waals surface area contributed by atoms with E-state index in [0.29, 0.717) is 18.3 Å². The van der Waals surface area contributed by atoms with Crippen molar-refractivity contribution < 1.29 is 13.2 Å². The Bertz CT molecular complexity index is 652. The standard InChI is InChI=1S/C16H19F3N4S/c1-22(14-10-13(2-5-20-14)16(17,18)19)11-12-3-7-23(8-4-12)15-21-6-9-24-15/h2,5-6,9-10,12H,3-4,7-8,11H2,1H3. The van der Waals surface area contributed by atoms with Gasteiger partial charge in [-0.05, 0) is 30.9 Å². The van der Waals surface area contributed by atoms with Gasteiger partial charge in [-0.3, -0.25) is 0 Å². The van der Waals surface area contributed by atoms with Crippen LogP contribution in [0, 0.1) is 5.92 Å². The lowest BCUT2D eigenvalue weighted by atomic mass is 9.96. The van der Waals surface area contributed by atoms with E-state index in [1.807, 2.05) is 10.3 Å². The molecule has 1 fully saturated rings. The summed E-state index contributed by atoms with van der Waals surface area (Å²) in [5, 5.41) is 3.01. The summed E-state index contributed by atoms with van der Waals surface area (Å²) >= 11 is 1.63. The summed E-state index contributed by atoms with van der Waals surface area (Å²) in [6.07, 6.45) is 0.697. The number of piperidine rings is 1. The summed E-state index contributed by atoms with van der Waals surface area (Å²) in [7, 11) is 1.80. The van der Waals surface area contributed by atoms with Gasteiger partial charge in [0.1, 0.15) is 5.82 Å². The highest BCUT2D eigenvalue weighted by molar-refractivity contribution is 7.13. The molecule has 0 aliphatic carbocycles. The second kappa shape index (κ2) is 6.96. The molecule has 3 heterocycles. The smallest absolute Gasteiger partial charge is 0.359 e. The number of pyridine rings is 1. The van der Waals surface area contributed by atoms with E-state index in [9.17, 15) is 13.2 Å². The molecular weight excluding hydrogens is 337 g/mol. The average molecular weight is 356 g/mol. The lowest BCUT2D eigenvalue weighted by Gasteiger charge is -2.34. The fourth-order valence-electron chi connectivity index (χ4n) is 2.96.